The Labute approximate surface area is 187 Å². The summed E-state index contributed by atoms with van der Waals surface area (Å²) < 4.78 is 16.7. The van der Waals surface area contributed by atoms with Gasteiger partial charge in [0.05, 0.1) is 19.4 Å². The largest absolute Gasteiger partial charge is 0.495 e. The van der Waals surface area contributed by atoms with Crippen molar-refractivity contribution in [3.8, 4) is 17.2 Å². The van der Waals surface area contributed by atoms with Crippen LogP contribution in [0.4, 0.5) is 11.4 Å². The average Bonchev–Trinajstić information content (AvgIpc) is 2.77. The Morgan fingerprint density at radius 2 is 1.77 bits per heavy atom. The molecule has 0 saturated carbocycles. The van der Waals surface area contributed by atoms with Crippen LogP contribution in [0.2, 0.25) is 5.02 Å². The van der Waals surface area contributed by atoms with Crippen LogP contribution in [0.3, 0.4) is 0 Å². The first kappa shape index (κ1) is 22.3. The molecule has 0 radical (unpaired) electrons. The fraction of sp³-hybridized carbons (Fsp3) is 0.208. The molecule has 0 aliphatic carbocycles. The van der Waals surface area contributed by atoms with Gasteiger partial charge < -0.3 is 24.8 Å². The molecule has 0 fully saturated rings. The highest BCUT2D eigenvalue weighted by Gasteiger charge is 2.11. The number of benzene rings is 3. The van der Waals surface area contributed by atoms with E-state index in [2.05, 4.69) is 10.6 Å². The Balaban J connectivity index is 1.61. The molecule has 0 aliphatic rings. The van der Waals surface area contributed by atoms with Crippen LogP contribution in [0.15, 0.2) is 66.7 Å². The normalized spacial score (nSPS) is 10.3. The Kier molecular flexibility index (Phi) is 8.01. The summed E-state index contributed by atoms with van der Waals surface area (Å²) in [5, 5.41) is 6.79. The van der Waals surface area contributed by atoms with E-state index in [9.17, 15) is 4.79 Å². The monoisotopic (exact) mass is 440 g/mol. The van der Waals surface area contributed by atoms with Gasteiger partial charge in [0.25, 0.3) is 5.91 Å². The molecule has 2 N–H and O–H groups in total. The van der Waals surface area contributed by atoms with E-state index >= 15 is 0 Å². The highest BCUT2D eigenvalue weighted by molar-refractivity contribution is 6.30. The Morgan fingerprint density at radius 1 is 0.935 bits per heavy atom. The van der Waals surface area contributed by atoms with Crippen molar-refractivity contribution in [2.24, 2.45) is 0 Å². The number of carbonyl (C=O) groups excluding carboxylic acids is 1. The molecular formula is C24H25ClN2O4. The molecule has 1 amide bonds. The summed E-state index contributed by atoms with van der Waals surface area (Å²) in [5.41, 5.74) is 2.53. The maximum Gasteiger partial charge on any atom is 0.262 e. The highest BCUT2D eigenvalue weighted by Crippen LogP contribution is 2.29. The third-order valence-electron chi connectivity index (χ3n) is 4.37. The lowest BCUT2D eigenvalue weighted by Crippen LogP contribution is -2.20. The molecule has 0 atom stereocenters. The lowest BCUT2D eigenvalue weighted by atomic mass is 10.2. The molecular weight excluding hydrogens is 416 g/mol. The van der Waals surface area contributed by atoms with Gasteiger partial charge in [0.2, 0.25) is 0 Å². The van der Waals surface area contributed by atoms with Crippen molar-refractivity contribution in [2.45, 2.75) is 13.5 Å². The molecule has 3 aromatic carbocycles. The van der Waals surface area contributed by atoms with Gasteiger partial charge in [-0.25, -0.2) is 0 Å². The predicted octanol–water partition coefficient (Wildman–Crippen LogP) is 5.38. The summed E-state index contributed by atoms with van der Waals surface area (Å²) in [4.78, 5) is 12.3. The molecule has 0 spiro atoms. The van der Waals surface area contributed by atoms with Crippen molar-refractivity contribution >= 4 is 28.9 Å². The van der Waals surface area contributed by atoms with Gasteiger partial charge in [-0.2, -0.15) is 0 Å². The second-order valence-electron chi connectivity index (χ2n) is 6.62. The van der Waals surface area contributed by atoms with Gasteiger partial charge in [-0.15, -0.1) is 0 Å². The van der Waals surface area contributed by atoms with Crippen LogP contribution in [0.25, 0.3) is 0 Å². The van der Waals surface area contributed by atoms with Crippen LogP contribution in [0.5, 0.6) is 17.2 Å². The first-order valence-electron chi connectivity index (χ1n) is 9.90. The molecule has 0 unspecified atom stereocenters. The van der Waals surface area contributed by atoms with Crippen LogP contribution >= 0.6 is 11.6 Å². The van der Waals surface area contributed by atoms with Crippen molar-refractivity contribution in [3.05, 3.63) is 77.3 Å². The van der Waals surface area contributed by atoms with E-state index in [-0.39, 0.29) is 12.5 Å². The number of halogens is 1. The molecule has 7 heteroatoms. The fourth-order valence-electron chi connectivity index (χ4n) is 2.93. The molecule has 0 aliphatic heterocycles. The second-order valence-corrected chi connectivity index (χ2v) is 7.05. The van der Waals surface area contributed by atoms with Crippen LogP contribution in [0.1, 0.15) is 12.5 Å². The number of carbonyl (C=O) groups is 1. The lowest BCUT2D eigenvalue weighted by Gasteiger charge is -2.15. The van der Waals surface area contributed by atoms with Crippen molar-refractivity contribution in [2.75, 3.05) is 31.0 Å². The molecule has 6 nitrogen and oxygen atoms in total. The first-order valence-corrected chi connectivity index (χ1v) is 10.3. The summed E-state index contributed by atoms with van der Waals surface area (Å²) in [7, 11) is 1.55. The van der Waals surface area contributed by atoms with Gasteiger partial charge in [-0.05, 0) is 55.0 Å². The average molecular weight is 441 g/mol. The summed E-state index contributed by atoms with van der Waals surface area (Å²) in [5.74, 6) is 1.38. The van der Waals surface area contributed by atoms with Crippen molar-refractivity contribution in [3.63, 3.8) is 0 Å². The van der Waals surface area contributed by atoms with Crippen LogP contribution in [-0.2, 0) is 11.3 Å². The van der Waals surface area contributed by atoms with E-state index in [4.69, 9.17) is 25.8 Å². The van der Waals surface area contributed by atoms with Crippen molar-refractivity contribution in [1.29, 1.82) is 0 Å². The zero-order valence-corrected chi connectivity index (χ0v) is 18.2. The highest BCUT2D eigenvalue weighted by atomic mass is 35.5. The molecule has 3 aromatic rings. The standard InChI is InChI=1S/C24H25ClN2O4/c1-3-30-23-13-17(15-26-19-8-6-7-18(25)14-19)11-12-22(23)31-16-24(28)27-20-9-4-5-10-21(20)29-2/h4-14,26H,3,15-16H2,1-2H3,(H,27,28). The van der Waals surface area contributed by atoms with Crippen LogP contribution in [0, 0.1) is 0 Å². The zero-order chi connectivity index (χ0) is 22.1. The Hall–Kier alpha value is -3.38. The topological polar surface area (TPSA) is 68.8 Å². The molecule has 31 heavy (non-hydrogen) atoms. The quantitative estimate of drug-likeness (QED) is 0.443. The number of hydrogen-bond acceptors (Lipinski definition) is 5. The van der Waals surface area contributed by atoms with Gasteiger partial charge in [0, 0.05) is 17.3 Å². The van der Waals surface area contributed by atoms with E-state index in [1.54, 1.807) is 25.3 Å². The summed E-state index contributed by atoms with van der Waals surface area (Å²) in [6.45, 7) is 2.82. The molecule has 0 heterocycles. The predicted molar refractivity (Wildman–Crippen MR) is 124 cm³/mol. The van der Waals surface area contributed by atoms with Gasteiger partial charge in [0.15, 0.2) is 18.1 Å². The maximum absolute atomic E-state index is 12.3. The van der Waals surface area contributed by atoms with E-state index in [1.807, 2.05) is 55.5 Å². The molecule has 0 saturated heterocycles. The number of rotatable bonds is 10. The van der Waals surface area contributed by atoms with Gasteiger partial charge >= 0.3 is 0 Å². The van der Waals surface area contributed by atoms with Gasteiger partial charge in [-0.3, -0.25) is 4.79 Å². The third kappa shape index (κ3) is 6.55. The van der Waals surface area contributed by atoms with E-state index in [1.165, 1.54) is 0 Å². The molecule has 162 valence electrons. The SMILES string of the molecule is CCOc1cc(CNc2cccc(Cl)c2)ccc1OCC(=O)Nc1ccccc1OC. The first-order chi connectivity index (χ1) is 15.1. The number of para-hydroxylation sites is 2. The van der Waals surface area contributed by atoms with E-state index < -0.39 is 0 Å². The third-order valence-corrected chi connectivity index (χ3v) is 4.60. The van der Waals surface area contributed by atoms with Crippen molar-refractivity contribution in [1.82, 2.24) is 0 Å². The van der Waals surface area contributed by atoms with Gasteiger partial charge in [0.1, 0.15) is 5.75 Å². The second kappa shape index (κ2) is 11.1. The maximum atomic E-state index is 12.3. The van der Waals surface area contributed by atoms with Crippen molar-refractivity contribution < 1.29 is 19.0 Å². The molecule has 0 aromatic heterocycles. The fourth-order valence-corrected chi connectivity index (χ4v) is 3.12. The summed E-state index contributed by atoms with van der Waals surface area (Å²) >= 11 is 6.03. The minimum atomic E-state index is -0.293. The smallest absolute Gasteiger partial charge is 0.262 e. The van der Waals surface area contributed by atoms with Crippen LogP contribution in [-0.4, -0.2) is 26.2 Å². The zero-order valence-electron chi connectivity index (χ0n) is 17.5. The minimum absolute atomic E-state index is 0.155. The number of amides is 1. The Bertz CT molecular complexity index is 1030. The van der Waals surface area contributed by atoms with E-state index in [0.29, 0.717) is 41.1 Å². The summed E-state index contributed by atoms with van der Waals surface area (Å²) in [6.07, 6.45) is 0. The number of nitrogens with one attached hydrogen (secondary N) is 2. The summed E-state index contributed by atoms with van der Waals surface area (Å²) in [6, 6.07) is 20.4. The molecule has 0 bridgehead atoms. The number of hydrogen-bond donors (Lipinski definition) is 2. The lowest BCUT2D eigenvalue weighted by molar-refractivity contribution is -0.118. The van der Waals surface area contributed by atoms with Gasteiger partial charge in [-0.1, -0.05) is 35.9 Å². The minimum Gasteiger partial charge on any atom is -0.495 e. The number of methoxy groups -OCH3 is 1. The number of ether oxygens (including phenoxy) is 3. The van der Waals surface area contributed by atoms with E-state index in [0.717, 1.165) is 11.3 Å². The number of anilines is 2. The Morgan fingerprint density at radius 3 is 2.55 bits per heavy atom. The molecule has 3 rings (SSSR count). The van der Waals surface area contributed by atoms with Crippen LogP contribution < -0.4 is 24.8 Å².